The van der Waals surface area contributed by atoms with E-state index >= 15 is 0 Å². The van der Waals surface area contributed by atoms with Gasteiger partial charge in [0.05, 0.1) is 9.79 Å². The van der Waals surface area contributed by atoms with Crippen LogP contribution in [0, 0.1) is 0 Å². The lowest BCUT2D eigenvalue weighted by molar-refractivity contribution is 0.381. The lowest BCUT2D eigenvalue weighted by Gasteiger charge is -2.47. The van der Waals surface area contributed by atoms with Crippen molar-refractivity contribution in [2.75, 3.05) is 11.4 Å². The molecule has 2 aromatic rings. The van der Waals surface area contributed by atoms with Crippen LogP contribution in [-0.2, 0) is 25.1 Å². The van der Waals surface area contributed by atoms with Crippen LogP contribution in [-0.4, -0.2) is 28.9 Å². The Kier molecular flexibility index (Phi) is 5.41. The molecule has 178 valence electrons. The number of nitrogens with zero attached hydrogens (tertiary/aromatic N) is 1. The van der Waals surface area contributed by atoms with E-state index in [2.05, 4.69) is 32.6 Å². The molecule has 0 aliphatic carbocycles. The summed E-state index contributed by atoms with van der Waals surface area (Å²) < 4.78 is 52.7. The maximum Gasteiger partial charge on any atom is 0.219 e. The molecular formula is C26H33NO4S2. The number of anilines is 1. The van der Waals surface area contributed by atoms with Gasteiger partial charge in [0, 0.05) is 17.8 Å². The normalized spacial score (nSPS) is 23.9. The molecule has 2 aliphatic heterocycles. The van der Waals surface area contributed by atoms with Crippen molar-refractivity contribution in [2.45, 2.75) is 81.5 Å². The summed E-state index contributed by atoms with van der Waals surface area (Å²) >= 11 is 0. The van der Waals surface area contributed by atoms with Crippen LogP contribution in [0.3, 0.4) is 0 Å². The molecular weight excluding hydrogens is 454 g/mol. The largest absolute Gasteiger partial charge is 0.366 e. The molecule has 33 heavy (non-hydrogen) atoms. The molecule has 4 rings (SSSR count). The van der Waals surface area contributed by atoms with Gasteiger partial charge in [0.2, 0.25) is 19.7 Å². The lowest BCUT2D eigenvalue weighted by atomic mass is 9.79. The Morgan fingerprint density at radius 2 is 1.64 bits per heavy atom. The molecule has 0 spiro atoms. The van der Waals surface area contributed by atoms with Gasteiger partial charge in [0.1, 0.15) is 0 Å². The van der Waals surface area contributed by atoms with Crippen molar-refractivity contribution in [2.24, 2.45) is 0 Å². The van der Waals surface area contributed by atoms with Crippen LogP contribution in [0.25, 0.3) is 6.08 Å². The molecule has 0 N–H and O–H groups in total. The Balaban J connectivity index is 1.86. The van der Waals surface area contributed by atoms with Gasteiger partial charge < -0.3 is 4.90 Å². The highest BCUT2D eigenvalue weighted by Crippen LogP contribution is 2.46. The summed E-state index contributed by atoms with van der Waals surface area (Å²) in [5.74, 6) is 0.277. The number of hydrogen-bond acceptors (Lipinski definition) is 5. The molecule has 0 fully saturated rings. The molecule has 0 bridgehead atoms. The van der Waals surface area contributed by atoms with Crippen molar-refractivity contribution >= 4 is 31.4 Å². The fourth-order valence-corrected chi connectivity index (χ4v) is 9.81. The predicted molar refractivity (Wildman–Crippen MR) is 134 cm³/mol. The Bertz CT molecular complexity index is 1380. The van der Waals surface area contributed by atoms with Crippen molar-refractivity contribution in [3.05, 3.63) is 57.3 Å². The van der Waals surface area contributed by atoms with Crippen LogP contribution in [0.1, 0.15) is 77.5 Å². The fourth-order valence-electron chi connectivity index (χ4n) is 5.26. The zero-order chi connectivity index (χ0) is 24.6. The number of fused-ring (bicyclic) bond motifs is 2. The van der Waals surface area contributed by atoms with E-state index < -0.39 is 23.9 Å². The smallest absolute Gasteiger partial charge is 0.219 e. The Morgan fingerprint density at radius 3 is 2.24 bits per heavy atom. The van der Waals surface area contributed by atoms with E-state index in [1.165, 1.54) is 18.2 Å². The zero-order valence-corrected chi connectivity index (χ0v) is 22.1. The average Bonchev–Trinajstić information content (AvgIpc) is 2.84. The van der Waals surface area contributed by atoms with Crippen LogP contribution in [0.4, 0.5) is 5.69 Å². The second kappa shape index (κ2) is 7.44. The van der Waals surface area contributed by atoms with E-state index in [-0.39, 0.29) is 26.7 Å². The number of hydrogen-bond donors (Lipinski definition) is 0. The van der Waals surface area contributed by atoms with Crippen molar-refractivity contribution in [3.8, 4) is 0 Å². The summed E-state index contributed by atoms with van der Waals surface area (Å²) in [4.78, 5) is 2.10. The molecule has 0 saturated carbocycles. The summed E-state index contributed by atoms with van der Waals surface area (Å²) in [6.45, 7) is 15.5. The summed E-state index contributed by atoms with van der Waals surface area (Å²) in [6, 6.07) is 10.4. The van der Waals surface area contributed by atoms with E-state index in [1.807, 2.05) is 39.0 Å². The van der Waals surface area contributed by atoms with Crippen LogP contribution in [0.5, 0.6) is 0 Å². The summed E-state index contributed by atoms with van der Waals surface area (Å²) in [6.07, 6.45) is 2.29. The van der Waals surface area contributed by atoms with Crippen molar-refractivity contribution in [1.82, 2.24) is 0 Å². The zero-order valence-electron chi connectivity index (χ0n) is 20.4. The van der Waals surface area contributed by atoms with Crippen LogP contribution in [0.15, 0.2) is 50.4 Å². The van der Waals surface area contributed by atoms with Gasteiger partial charge >= 0.3 is 0 Å². The van der Waals surface area contributed by atoms with Gasteiger partial charge in [-0.3, -0.25) is 0 Å². The molecule has 5 nitrogen and oxygen atoms in total. The topological polar surface area (TPSA) is 71.5 Å². The molecule has 1 atom stereocenters. The summed E-state index contributed by atoms with van der Waals surface area (Å²) in [5.41, 5.74) is 3.33. The molecule has 0 amide bonds. The molecule has 2 heterocycles. The minimum atomic E-state index is -4.14. The van der Waals surface area contributed by atoms with Gasteiger partial charge in [0.25, 0.3) is 0 Å². The molecule has 0 saturated heterocycles. The van der Waals surface area contributed by atoms with E-state index in [0.717, 1.165) is 29.8 Å². The van der Waals surface area contributed by atoms with Gasteiger partial charge in [0.15, 0.2) is 4.24 Å². The molecule has 0 radical (unpaired) electrons. The fraction of sp³-hybridized carbons (Fsp3) is 0.462. The lowest BCUT2D eigenvalue weighted by Crippen LogP contribution is -2.48. The minimum absolute atomic E-state index is 0.0195. The van der Waals surface area contributed by atoms with E-state index in [1.54, 1.807) is 6.07 Å². The second-order valence-electron chi connectivity index (χ2n) is 10.9. The first-order chi connectivity index (χ1) is 15.1. The minimum Gasteiger partial charge on any atom is -0.366 e. The SMILES string of the molecule is CCN1c2ccc(C=C3S(=O)(=O)c4ccc(C(C)(C)C)cc4S3(=O)=O)cc2C(C)CC1(C)C. The third-order valence-electron chi connectivity index (χ3n) is 6.93. The third-order valence-corrected chi connectivity index (χ3v) is 11.5. The number of benzene rings is 2. The summed E-state index contributed by atoms with van der Waals surface area (Å²) in [7, 11) is -8.26. The van der Waals surface area contributed by atoms with Crippen LogP contribution in [0.2, 0.25) is 0 Å². The van der Waals surface area contributed by atoms with Gasteiger partial charge in [-0.15, -0.1) is 0 Å². The summed E-state index contributed by atoms with van der Waals surface area (Å²) in [5, 5.41) is 0. The van der Waals surface area contributed by atoms with Gasteiger partial charge in [-0.1, -0.05) is 39.8 Å². The Morgan fingerprint density at radius 1 is 1.00 bits per heavy atom. The predicted octanol–water partition coefficient (Wildman–Crippen LogP) is 5.66. The third kappa shape index (κ3) is 3.73. The standard InChI is InChI=1S/C26H33NO4S2/c1-8-27-21-11-9-18(13-20(21)17(2)16-26(27,6)7)14-24-32(28,29)22-12-10-19(25(3,4)5)15-23(22)33(24,30)31/h9-15,17H,8,16H2,1-7H3. The monoisotopic (exact) mass is 487 g/mol. The quantitative estimate of drug-likeness (QED) is 0.547. The van der Waals surface area contributed by atoms with E-state index in [0.29, 0.717) is 5.56 Å². The first-order valence-corrected chi connectivity index (χ1v) is 14.4. The van der Waals surface area contributed by atoms with Crippen molar-refractivity contribution in [1.29, 1.82) is 0 Å². The number of rotatable bonds is 2. The molecule has 7 heteroatoms. The van der Waals surface area contributed by atoms with Crippen molar-refractivity contribution in [3.63, 3.8) is 0 Å². The first kappa shape index (κ1) is 24.0. The highest BCUT2D eigenvalue weighted by molar-refractivity contribution is 8.17. The van der Waals surface area contributed by atoms with E-state index in [9.17, 15) is 16.8 Å². The van der Waals surface area contributed by atoms with Gasteiger partial charge in [-0.25, -0.2) is 16.8 Å². The molecule has 0 aromatic heterocycles. The Hall–Kier alpha value is -2.12. The molecule has 1 unspecified atom stereocenters. The van der Waals surface area contributed by atoms with Crippen molar-refractivity contribution < 1.29 is 16.8 Å². The maximum absolute atomic E-state index is 13.4. The van der Waals surface area contributed by atoms with Gasteiger partial charge in [-0.2, -0.15) is 0 Å². The first-order valence-electron chi connectivity index (χ1n) is 11.4. The highest BCUT2D eigenvalue weighted by atomic mass is 32.3. The molecule has 2 aliphatic rings. The average molecular weight is 488 g/mol. The van der Waals surface area contributed by atoms with Crippen LogP contribution < -0.4 is 4.90 Å². The molecule has 2 aromatic carbocycles. The second-order valence-corrected chi connectivity index (χ2v) is 14.9. The highest BCUT2D eigenvalue weighted by Gasteiger charge is 2.45. The Labute approximate surface area is 198 Å². The number of sulfone groups is 2. The van der Waals surface area contributed by atoms with Crippen LogP contribution >= 0.6 is 0 Å². The maximum atomic E-state index is 13.4. The van der Waals surface area contributed by atoms with E-state index in [4.69, 9.17) is 0 Å². The van der Waals surface area contributed by atoms with Gasteiger partial charge in [-0.05, 0) is 85.6 Å².